The maximum atomic E-state index is 13.4. The molecule has 0 spiro atoms. The van der Waals surface area contributed by atoms with E-state index >= 15 is 0 Å². The number of para-hydroxylation sites is 2. The molecule has 5 rings (SSSR count). The minimum atomic E-state index is -1.26. The first-order chi connectivity index (χ1) is 19.8. The zero-order valence-corrected chi connectivity index (χ0v) is 23.8. The highest BCUT2D eigenvalue weighted by atomic mass is 35.5. The Morgan fingerprint density at radius 2 is 1.63 bits per heavy atom. The van der Waals surface area contributed by atoms with Crippen molar-refractivity contribution < 1.29 is 24.5 Å². The second-order valence-corrected chi connectivity index (χ2v) is 10.3. The number of carboxylic acids is 2. The molecule has 2 aliphatic rings. The maximum absolute atomic E-state index is 13.4. The Kier molecular flexibility index (Phi) is 10.3. The van der Waals surface area contributed by atoms with E-state index in [1.54, 1.807) is 7.11 Å². The van der Waals surface area contributed by atoms with Crippen LogP contribution in [0.3, 0.4) is 0 Å². The predicted molar refractivity (Wildman–Crippen MR) is 160 cm³/mol. The van der Waals surface area contributed by atoms with Gasteiger partial charge in [0.25, 0.3) is 0 Å². The Morgan fingerprint density at radius 3 is 2.24 bits per heavy atom. The number of halogens is 1. The molecule has 2 aromatic carbocycles. The molecule has 3 aromatic rings. The lowest BCUT2D eigenvalue weighted by Crippen LogP contribution is -2.47. The lowest BCUT2D eigenvalue weighted by atomic mass is 10.0. The lowest BCUT2D eigenvalue weighted by molar-refractivity contribution is -0.134. The van der Waals surface area contributed by atoms with Crippen LogP contribution in [0, 0.1) is 0 Å². The van der Waals surface area contributed by atoms with E-state index in [0.717, 1.165) is 74.4 Å². The summed E-state index contributed by atoms with van der Waals surface area (Å²) in [6.45, 7) is 5.37. The highest BCUT2D eigenvalue weighted by molar-refractivity contribution is 6.32. The molecule has 0 atom stereocenters. The van der Waals surface area contributed by atoms with E-state index in [-0.39, 0.29) is 5.69 Å². The van der Waals surface area contributed by atoms with E-state index < -0.39 is 11.9 Å². The van der Waals surface area contributed by atoms with Crippen molar-refractivity contribution >= 4 is 46.0 Å². The van der Waals surface area contributed by atoms with Crippen molar-refractivity contribution in [2.75, 3.05) is 44.7 Å². The van der Waals surface area contributed by atoms with Gasteiger partial charge in [-0.25, -0.2) is 14.4 Å². The summed E-state index contributed by atoms with van der Waals surface area (Å²) in [5, 5.41) is 16.3. The first-order valence-electron chi connectivity index (χ1n) is 13.6. The number of anilines is 1. The number of ether oxygens (including phenoxy) is 1. The van der Waals surface area contributed by atoms with Gasteiger partial charge in [-0.1, -0.05) is 29.8 Å². The third-order valence-corrected chi connectivity index (χ3v) is 7.58. The van der Waals surface area contributed by atoms with Crippen LogP contribution in [0.15, 0.2) is 65.5 Å². The van der Waals surface area contributed by atoms with E-state index in [4.69, 9.17) is 26.6 Å². The van der Waals surface area contributed by atoms with Crippen molar-refractivity contribution in [3.05, 3.63) is 76.2 Å². The van der Waals surface area contributed by atoms with E-state index in [9.17, 15) is 14.4 Å². The van der Waals surface area contributed by atoms with E-state index in [1.165, 1.54) is 6.42 Å². The van der Waals surface area contributed by atoms with Gasteiger partial charge in [-0.2, -0.15) is 0 Å². The third-order valence-electron chi connectivity index (χ3n) is 7.27. The molecule has 10 nitrogen and oxygen atoms in total. The third kappa shape index (κ3) is 7.59. The van der Waals surface area contributed by atoms with Gasteiger partial charge in [0.1, 0.15) is 5.75 Å². The van der Waals surface area contributed by atoms with Gasteiger partial charge in [0.05, 0.1) is 23.2 Å². The lowest BCUT2D eigenvalue weighted by Gasteiger charge is -2.36. The van der Waals surface area contributed by atoms with Crippen LogP contribution < -0.4 is 15.3 Å². The smallest absolute Gasteiger partial charge is 0.333 e. The molecular weight excluding hydrogens is 548 g/mol. The normalized spacial score (nSPS) is 15.9. The summed E-state index contributed by atoms with van der Waals surface area (Å²) in [6.07, 6.45) is 7.76. The Morgan fingerprint density at radius 1 is 0.951 bits per heavy atom. The van der Waals surface area contributed by atoms with Crippen molar-refractivity contribution in [2.24, 2.45) is 0 Å². The summed E-state index contributed by atoms with van der Waals surface area (Å²) in [4.78, 5) is 37.3. The van der Waals surface area contributed by atoms with Crippen LogP contribution in [-0.2, 0) is 16.1 Å². The molecule has 1 aliphatic carbocycles. The van der Waals surface area contributed by atoms with Crippen molar-refractivity contribution in [3.63, 3.8) is 0 Å². The fraction of sp³-hybridized carbons (Fsp3) is 0.367. The van der Waals surface area contributed by atoms with Crippen LogP contribution in [0.25, 0.3) is 16.7 Å². The maximum Gasteiger partial charge on any atom is 0.333 e. The monoisotopic (exact) mass is 582 g/mol. The molecule has 1 saturated heterocycles. The Hall–Kier alpha value is -4.02. The summed E-state index contributed by atoms with van der Waals surface area (Å²) in [5.74, 6) is -1.81. The van der Waals surface area contributed by atoms with Gasteiger partial charge in [-0.15, -0.1) is 0 Å². The molecule has 2 heterocycles. The Labute approximate surface area is 243 Å². The van der Waals surface area contributed by atoms with Gasteiger partial charge in [0.2, 0.25) is 0 Å². The van der Waals surface area contributed by atoms with Crippen LogP contribution in [0.4, 0.5) is 5.69 Å². The number of nitrogens with zero attached hydrogens (tertiary/aromatic N) is 4. The second-order valence-electron chi connectivity index (χ2n) is 9.86. The predicted octanol–water partition coefficient (Wildman–Crippen LogP) is 4.41. The average molecular weight is 583 g/mol. The quantitative estimate of drug-likeness (QED) is 0.375. The van der Waals surface area contributed by atoms with E-state index in [0.29, 0.717) is 29.5 Å². The molecular formula is C30H35ClN4O6. The van der Waals surface area contributed by atoms with Crippen LogP contribution >= 0.6 is 11.6 Å². The summed E-state index contributed by atoms with van der Waals surface area (Å²) in [7, 11) is 1.65. The number of fused-ring (bicyclic) bond motifs is 1. The number of imidazole rings is 1. The van der Waals surface area contributed by atoms with Gasteiger partial charge < -0.3 is 19.8 Å². The van der Waals surface area contributed by atoms with Gasteiger partial charge >= 0.3 is 17.6 Å². The molecule has 11 heteroatoms. The number of benzene rings is 2. The number of carbonyl (C=O) groups is 2. The fourth-order valence-electron chi connectivity index (χ4n) is 5.19. The molecule has 2 N–H and O–H groups in total. The van der Waals surface area contributed by atoms with E-state index in [1.807, 2.05) is 33.4 Å². The fourth-order valence-corrected chi connectivity index (χ4v) is 5.38. The van der Waals surface area contributed by atoms with Crippen molar-refractivity contribution in [2.45, 2.75) is 32.2 Å². The second kappa shape index (κ2) is 14.0. The number of methoxy groups -OCH3 is 1. The summed E-state index contributed by atoms with van der Waals surface area (Å²) in [6, 6.07) is 14.1. The number of carboxylic acid groups (broad SMARTS) is 2. The summed E-state index contributed by atoms with van der Waals surface area (Å²) >= 11 is 6.18. The highest BCUT2D eigenvalue weighted by Gasteiger charge is 2.21. The summed E-state index contributed by atoms with van der Waals surface area (Å²) in [5.41, 5.74) is 4.44. The Balaban J connectivity index is 0.000000426. The summed E-state index contributed by atoms with van der Waals surface area (Å²) < 4.78 is 9.27. The van der Waals surface area contributed by atoms with Gasteiger partial charge in [0, 0.05) is 68.9 Å². The van der Waals surface area contributed by atoms with E-state index in [2.05, 4.69) is 34.1 Å². The molecule has 218 valence electrons. The van der Waals surface area contributed by atoms with Crippen LogP contribution in [0.5, 0.6) is 5.75 Å². The molecule has 0 saturated carbocycles. The average Bonchev–Trinajstić information content (AvgIpc) is 3.27. The zero-order valence-electron chi connectivity index (χ0n) is 23.0. The highest BCUT2D eigenvalue weighted by Crippen LogP contribution is 2.30. The molecule has 1 aromatic heterocycles. The number of hydrogen-bond donors (Lipinski definition) is 2. The van der Waals surface area contributed by atoms with Crippen molar-refractivity contribution in [3.8, 4) is 5.75 Å². The molecule has 1 fully saturated rings. The van der Waals surface area contributed by atoms with Gasteiger partial charge in [0.15, 0.2) is 0 Å². The van der Waals surface area contributed by atoms with Crippen molar-refractivity contribution in [1.82, 2.24) is 14.0 Å². The van der Waals surface area contributed by atoms with Gasteiger partial charge in [-0.3, -0.25) is 14.0 Å². The molecule has 0 unspecified atom stereocenters. The number of allylic oxidation sites excluding steroid dienone is 2. The molecule has 0 radical (unpaired) electrons. The first kappa shape index (κ1) is 30.0. The SMILES string of the molecule is COc1cc(N2CCN(CCn3c(=O)n(C4=CCCCC4)c4ccccc43)CC2)ccc1Cl.O=C(O)/C=C/C(=O)O. The molecule has 1 aliphatic heterocycles. The molecule has 0 bridgehead atoms. The Bertz CT molecular complexity index is 1480. The van der Waals surface area contributed by atoms with Gasteiger partial charge in [-0.05, 0) is 49.9 Å². The minimum absolute atomic E-state index is 0.0937. The van der Waals surface area contributed by atoms with Crippen LogP contribution in [-0.4, -0.2) is 76.0 Å². The van der Waals surface area contributed by atoms with Crippen LogP contribution in [0.1, 0.15) is 25.7 Å². The molecule has 41 heavy (non-hydrogen) atoms. The molecule has 0 amide bonds. The minimum Gasteiger partial charge on any atom is -0.495 e. The number of hydrogen-bond acceptors (Lipinski definition) is 6. The number of piperazine rings is 1. The number of aromatic nitrogens is 2. The first-order valence-corrected chi connectivity index (χ1v) is 14.0. The topological polar surface area (TPSA) is 117 Å². The largest absolute Gasteiger partial charge is 0.495 e. The van der Waals surface area contributed by atoms with Crippen molar-refractivity contribution in [1.29, 1.82) is 0 Å². The van der Waals surface area contributed by atoms with Crippen LogP contribution in [0.2, 0.25) is 5.02 Å². The number of aliphatic carboxylic acids is 2. The zero-order chi connectivity index (χ0) is 29.4. The standard InChI is InChI=1S/C26H31ClN4O2.C4H4O4/c1-33-25-19-21(11-12-22(25)27)29-16-13-28(14-17-29)15-18-30-23-9-5-6-10-24(23)31(26(30)32)20-7-3-2-4-8-20;5-3(6)1-2-4(7)8/h5-7,9-12,19H,2-4,8,13-18H2,1H3;1-2H,(H,5,6)(H,7,8)/b;2-1+. The number of rotatable bonds is 8.